The number of hydrazine groups is 1. The van der Waals surface area contributed by atoms with E-state index in [4.69, 9.17) is 0 Å². The summed E-state index contributed by atoms with van der Waals surface area (Å²) in [7, 11) is 0. The second-order valence-corrected chi connectivity index (χ2v) is 8.79. The lowest BCUT2D eigenvalue weighted by Gasteiger charge is -2.34. The zero-order valence-electron chi connectivity index (χ0n) is 16.9. The lowest BCUT2D eigenvalue weighted by Crippen LogP contribution is -2.56. The predicted octanol–water partition coefficient (Wildman–Crippen LogP) is 1.09. The molecule has 166 valence electrons. The molecule has 0 radical (unpaired) electrons. The first kappa shape index (κ1) is 22.3. The molecule has 0 bridgehead atoms. The number of guanidine groups is 1. The van der Waals surface area contributed by atoms with Crippen LogP contribution in [0.4, 0.5) is 13.2 Å². The quantitative estimate of drug-likeness (QED) is 0.347. The van der Waals surface area contributed by atoms with E-state index in [0.29, 0.717) is 13.0 Å². The van der Waals surface area contributed by atoms with Gasteiger partial charge in [-0.25, -0.2) is 24.0 Å². The maximum absolute atomic E-state index is 14.5. The van der Waals surface area contributed by atoms with E-state index < -0.39 is 54.6 Å². The smallest absolute Gasteiger partial charge is 0.229 e. The molecule has 1 amide bonds. The number of carbonyl (C=O) groups is 1. The van der Waals surface area contributed by atoms with Gasteiger partial charge >= 0.3 is 0 Å². The Labute approximate surface area is 169 Å². The van der Waals surface area contributed by atoms with E-state index in [9.17, 15) is 23.1 Å². The number of aliphatic hydroxyl groups is 1. The van der Waals surface area contributed by atoms with Gasteiger partial charge in [0.25, 0.3) is 0 Å². The van der Waals surface area contributed by atoms with Crippen molar-refractivity contribution in [2.45, 2.75) is 82.8 Å². The summed E-state index contributed by atoms with van der Waals surface area (Å²) >= 11 is 0. The van der Waals surface area contributed by atoms with E-state index in [0.717, 1.165) is 0 Å². The van der Waals surface area contributed by atoms with Crippen LogP contribution in [0.2, 0.25) is 0 Å². The van der Waals surface area contributed by atoms with Gasteiger partial charge in [-0.2, -0.15) is 0 Å². The molecule has 8 atom stereocenters. The van der Waals surface area contributed by atoms with Crippen LogP contribution < -0.4 is 21.5 Å². The van der Waals surface area contributed by atoms with E-state index in [1.807, 2.05) is 13.8 Å². The van der Waals surface area contributed by atoms with Crippen LogP contribution in [0.3, 0.4) is 0 Å². The number of hydrogen-bond donors (Lipinski definition) is 5. The number of alkyl halides is 3. The van der Waals surface area contributed by atoms with Gasteiger partial charge in [-0.05, 0) is 38.0 Å². The lowest BCUT2D eigenvalue weighted by molar-refractivity contribution is -0.125. The fraction of sp³-hybridized carbons (Fsp3) is 0.895. The highest BCUT2D eigenvalue weighted by Gasteiger charge is 2.48. The van der Waals surface area contributed by atoms with E-state index in [-0.39, 0.29) is 37.6 Å². The van der Waals surface area contributed by atoms with Crippen molar-refractivity contribution in [2.75, 3.05) is 6.54 Å². The van der Waals surface area contributed by atoms with Gasteiger partial charge in [-0.15, -0.1) is 0 Å². The van der Waals surface area contributed by atoms with E-state index in [1.54, 1.807) is 0 Å². The van der Waals surface area contributed by atoms with Crippen molar-refractivity contribution in [2.24, 2.45) is 22.7 Å². The Kier molecular flexibility index (Phi) is 7.39. The Morgan fingerprint density at radius 1 is 1.10 bits per heavy atom. The van der Waals surface area contributed by atoms with Gasteiger partial charge in [0.15, 0.2) is 5.96 Å². The molecule has 1 saturated heterocycles. The SMILES string of the molecule is CC(C)CN=C(NC(=O)C1CCC(F)C(F)C1)NC1NNC2C(O)CCC(F)C12. The predicted molar refractivity (Wildman–Crippen MR) is 103 cm³/mol. The van der Waals surface area contributed by atoms with Crippen LogP contribution in [0.25, 0.3) is 0 Å². The van der Waals surface area contributed by atoms with Gasteiger partial charge in [0.1, 0.15) is 18.5 Å². The van der Waals surface area contributed by atoms with Crippen LogP contribution in [0.15, 0.2) is 4.99 Å². The Hall–Kier alpha value is -1.39. The Morgan fingerprint density at radius 3 is 2.52 bits per heavy atom. The zero-order chi connectivity index (χ0) is 21.1. The number of fused-ring (bicyclic) bond motifs is 1. The molecule has 5 N–H and O–H groups in total. The molecule has 0 spiro atoms. The first-order valence-electron chi connectivity index (χ1n) is 10.5. The molecule has 1 heterocycles. The molecule has 2 saturated carbocycles. The number of nitrogens with one attached hydrogen (secondary N) is 4. The highest BCUT2D eigenvalue weighted by atomic mass is 19.2. The minimum atomic E-state index is -1.64. The molecular weight excluding hydrogens is 387 g/mol. The molecule has 3 rings (SSSR count). The first-order chi connectivity index (χ1) is 13.8. The van der Waals surface area contributed by atoms with Gasteiger partial charge in [0.05, 0.1) is 18.3 Å². The third-order valence-electron chi connectivity index (χ3n) is 5.99. The van der Waals surface area contributed by atoms with Crippen LogP contribution in [-0.2, 0) is 4.79 Å². The highest BCUT2D eigenvalue weighted by Crippen LogP contribution is 2.32. The fourth-order valence-corrected chi connectivity index (χ4v) is 4.28. The number of nitrogens with zero attached hydrogens (tertiary/aromatic N) is 1. The average Bonchev–Trinajstić information content (AvgIpc) is 3.10. The van der Waals surface area contributed by atoms with Gasteiger partial charge in [0.2, 0.25) is 5.91 Å². The topological polar surface area (TPSA) is 97.8 Å². The van der Waals surface area contributed by atoms with Gasteiger partial charge in [0, 0.05) is 18.4 Å². The van der Waals surface area contributed by atoms with E-state index in [1.165, 1.54) is 0 Å². The van der Waals surface area contributed by atoms with Crippen LogP contribution >= 0.6 is 0 Å². The van der Waals surface area contributed by atoms with Crippen LogP contribution in [0.5, 0.6) is 0 Å². The number of aliphatic hydroxyl groups excluding tert-OH is 1. The van der Waals surface area contributed by atoms with Crippen molar-refractivity contribution in [3.63, 3.8) is 0 Å². The highest BCUT2D eigenvalue weighted by molar-refractivity contribution is 5.98. The molecular formula is C19H32F3N5O2. The third-order valence-corrected chi connectivity index (χ3v) is 5.99. The molecule has 2 aliphatic carbocycles. The summed E-state index contributed by atoms with van der Waals surface area (Å²) in [5, 5.41) is 15.8. The first-order valence-corrected chi connectivity index (χ1v) is 10.5. The van der Waals surface area contributed by atoms with Gasteiger partial charge < -0.3 is 10.4 Å². The summed E-state index contributed by atoms with van der Waals surface area (Å²) < 4.78 is 41.6. The lowest BCUT2D eigenvalue weighted by atomic mass is 9.81. The van der Waals surface area contributed by atoms with Crippen molar-refractivity contribution in [1.29, 1.82) is 0 Å². The summed E-state index contributed by atoms with van der Waals surface area (Å²) in [6, 6.07) is -0.439. The third kappa shape index (κ3) is 5.40. The summed E-state index contributed by atoms with van der Waals surface area (Å²) in [6.07, 6.45) is -4.72. The number of halogens is 3. The van der Waals surface area contributed by atoms with Crippen LogP contribution in [-0.4, -0.2) is 60.3 Å². The zero-order valence-corrected chi connectivity index (χ0v) is 16.9. The summed E-state index contributed by atoms with van der Waals surface area (Å²) in [5.41, 5.74) is 5.87. The average molecular weight is 419 g/mol. The standard InChI is InChI=1S/C19H32F3N5O2/c1-9(2)8-23-19(25-18(29)10-3-4-11(20)13(22)7-10)24-17-15-12(21)5-6-14(28)16(15)26-27-17/h9-17,26-28H,3-8H2,1-2H3,(H2,23,24,25,29). The van der Waals surface area contributed by atoms with Gasteiger partial charge in [-0.1, -0.05) is 13.8 Å². The maximum atomic E-state index is 14.5. The van der Waals surface area contributed by atoms with Crippen molar-refractivity contribution < 1.29 is 23.1 Å². The molecule has 0 aromatic heterocycles. The second kappa shape index (κ2) is 9.61. The second-order valence-electron chi connectivity index (χ2n) is 8.79. The molecule has 1 aliphatic heterocycles. The minimum Gasteiger partial charge on any atom is -0.391 e. The molecule has 8 unspecified atom stereocenters. The summed E-state index contributed by atoms with van der Waals surface area (Å²) in [6.45, 7) is 4.38. The van der Waals surface area contributed by atoms with E-state index in [2.05, 4.69) is 26.5 Å². The molecule has 3 fully saturated rings. The molecule has 3 aliphatic rings. The molecule has 0 aromatic carbocycles. The maximum Gasteiger partial charge on any atom is 0.229 e. The van der Waals surface area contributed by atoms with Crippen LogP contribution in [0, 0.1) is 17.8 Å². The van der Waals surface area contributed by atoms with Crippen molar-refractivity contribution in [1.82, 2.24) is 21.5 Å². The largest absolute Gasteiger partial charge is 0.391 e. The molecule has 10 heteroatoms. The monoisotopic (exact) mass is 419 g/mol. The fourth-order valence-electron chi connectivity index (χ4n) is 4.28. The Balaban J connectivity index is 1.66. The Morgan fingerprint density at radius 2 is 1.83 bits per heavy atom. The van der Waals surface area contributed by atoms with E-state index >= 15 is 0 Å². The van der Waals surface area contributed by atoms with Gasteiger partial charge in [-0.3, -0.25) is 15.1 Å². The normalized spacial score (nSPS) is 40.6. The summed E-state index contributed by atoms with van der Waals surface area (Å²) in [4.78, 5) is 17.0. The number of aliphatic imine (C=N–C) groups is 1. The minimum absolute atomic E-state index is 0.0183. The Bertz CT molecular complexity index is 608. The van der Waals surface area contributed by atoms with Crippen LogP contribution in [0.1, 0.15) is 46.0 Å². The molecule has 29 heavy (non-hydrogen) atoms. The van der Waals surface area contributed by atoms with Crippen molar-refractivity contribution >= 4 is 11.9 Å². The van der Waals surface area contributed by atoms with Crippen molar-refractivity contribution in [3.8, 4) is 0 Å². The number of amides is 1. The summed E-state index contributed by atoms with van der Waals surface area (Å²) in [5.74, 6) is -1.17. The number of carbonyl (C=O) groups excluding carboxylic acids is 1. The number of rotatable bonds is 4. The van der Waals surface area contributed by atoms with Crippen molar-refractivity contribution in [3.05, 3.63) is 0 Å². The number of hydrogen-bond acceptors (Lipinski definition) is 5. The molecule has 0 aromatic rings. The molecule has 7 nitrogen and oxygen atoms in total.